The zero-order valence-electron chi connectivity index (χ0n) is 13.9. The fourth-order valence-corrected chi connectivity index (χ4v) is 2.80. The Balaban J connectivity index is 1.87. The minimum atomic E-state index is 0.327. The zero-order chi connectivity index (χ0) is 16.5. The molecule has 24 heavy (non-hydrogen) atoms. The first-order valence-corrected chi connectivity index (χ1v) is 8.23. The van der Waals surface area contributed by atoms with Crippen molar-refractivity contribution < 1.29 is 4.74 Å². The smallest absolute Gasteiger partial charge is 0.254 e. The standard InChI is InChI=1S/C17H20N6O/c1-12(2)14-10-15(22-6-8-24-9-7-22)23-17(19-14)20-16(21-23)13-4-3-5-18-11-13/h3-5,10-12H,6-9H2,1-2H3. The Morgan fingerprint density at radius 1 is 1.17 bits per heavy atom. The van der Waals surface area contributed by atoms with Crippen molar-refractivity contribution in [3.8, 4) is 11.4 Å². The summed E-state index contributed by atoms with van der Waals surface area (Å²) in [5, 5.41) is 4.68. The molecule has 1 fully saturated rings. The Morgan fingerprint density at radius 2 is 2.00 bits per heavy atom. The Hall–Kier alpha value is -2.54. The maximum absolute atomic E-state index is 5.47. The molecule has 0 unspecified atom stereocenters. The van der Waals surface area contributed by atoms with E-state index in [1.165, 1.54) is 0 Å². The molecule has 0 N–H and O–H groups in total. The van der Waals surface area contributed by atoms with E-state index >= 15 is 0 Å². The molecular formula is C17H20N6O. The average molecular weight is 324 g/mol. The molecule has 1 aliphatic rings. The molecule has 3 aromatic rings. The molecule has 0 bridgehead atoms. The lowest BCUT2D eigenvalue weighted by Crippen LogP contribution is -2.37. The highest BCUT2D eigenvalue weighted by atomic mass is 16.5. The van der Waals surface area contributed by atoms with E-state index in [9.17, 15) is 0 Å². The summed E-state index contributed by atoms with van der Waals surface area (Å²) in [4.78, 5) is 15.7. The van der Waals surface area contributed by atoms with Gasteiger partial charge in [-0.1, -0.05) is 13.8 Å². The van der Waals surface area contributed by atoms with Gasteiger partial charge in [-0.05, 0) is 18.1 Å². The Bertz CT molecular complexity index is 839. The van der Waals surface area contributed by atoms with Crippen LogP contribution in [0.1, 0.15) is 25.5 Å². The van der Waals surface area contributed by atoms with Gasteiger partial charge in [0.25, 0.3) is 5.78 Å². The molecule has 0 radical (unpaired) electrons. The number of hydrogen-bond donors (Lipinski definition) is 0. The maximum atomic E-state index is 5.47. The molecular weight excluding hydrogens is 304 g/mol. The highest BCUT2D eigenvalue weighted by Gasteiger charge is 2.19. The number of hydrogen-bond acceptors (Lipinski definition) is 6. The van der Waals surface area contributed by atoms with E-state index in [-0.39, 0.29) is 0 Å². The molecule has 0 amide bonds. The molecule has 0 saturated carbocycles. The molecule has 4 heterocycles. The van der Waals surface area contributed by atoms with Crippen molar-refractivity contribution in [1.29, 1.82) is 0 Å². The van der Waals surface area contributed by atoms with Gasteiger partial charge in [-0.2, -0.15) is 9.50 Å². The molecule has 124 valence electrons. The Kier molecular flexibility index (Phi) is 3.86. The van der Waals surface area contributed by atoms with Crippen LogP contribution in [-0.4, -0.2) is 50.9 Å². The molecule has 7 heteroatoms. The molecule has 0 aromatic carbocycles. The van der Waals surface area contributed by atoms with Crippen LogP contribution in [0.25, 0.3) is 17.2 Å². The number of rotatable bonds is 3. The van der Waals surface area contributed by atoms with Crippen molar-refractivity contribution in [2.45, 2.75) is 19.8 Å². The number of morpholine rings is 1. The van der Waals surface area contributed by atoms with Gasteiger partial charge in [0.05, 0.1) is 18.9 Å². The SMILES string of the molecule is CC(C)c1cc(N2CCOCC2)n2nc(-c3cccnc3)nc2n1. The third kappa shape index (κ3) is 2.71. The first-order valence-electron chi connectivity index (χ1n) is 8.23. The second kappa shape index (κ2) is 6.16. The summed E-state index contributed by atoms with van der Waals surface area (Å²) >= 11 is 0. The van der Waals surface area contributed by atoms with Crippen molar-refractivity contribution >= 4 is 11.6 Å². The largest absolute Gasteiger partial charge is 0.378 e. The van der Waals surface area contributed by atoms with Crippen molar-refractivity contribution in [2.24, 2.45) is 0 Å². The molecule has 0 spiro atoms. The minimum Gasteiger partial charge on any atom is -0.378 e. The Morgan fingerprint density at radius 3 is 2.71 bits per heavy atom. The van der Waals surface area contributed by atoms with Crippen molar-refractivity contribution in [3.05, 3.63) is 36.3 Å². The van der Waals surface area contributed by atoms with E-state index in [0.717, 1.165) is 43.4 Å². The zero-order valence-corrected chi connectivity index (χ0v) is 13.9. The van der Waals surface area contributed by atoms with Crippen LogP contribution < -0.4 is 4.90 Å². The van der Waals surface area contributed by atoms with Gasteiger partial charge in [-0.15, -0.1) is 5.10 Å². The third-order valence-corrected chi connectivity index (χ3v) is 4.16. The van der Waals surface area contributed by atoms with Crippen LogP contribution in [0.3, 0.4) is 0 Å². The van der Waals surface area contributed by atoms with Crippen molar-refractivity contribution in [1.82, 2.24) is 24.6 Å². The van der Waals surface area contributed by atoms with Crippen molar-refractivity contribution in [2.75, 3.05) is 31.2 Å². The molecule has 3 aromatic heterocycles. The first kappa shape index (κ1) is 15.0. The monoisotopic (exact) mass is 324 g/mol. The van der Waals surface area contributed by atoms with E-state index in [4.69, 9.17) is 4.74 Å². The fourth-order valence-electron chi connectivity index (χ4n) is 2.80. The summed E-state index contributed by atoms with van der Waals surface area (Å²) in [5.41, 5.74) is 1.91. The van der Waals surface area contributed by atoms with E-state index in [1.807, 2.05) is 16.6 Å². The highest BCUT2D eigenvalue weighted by molar-refractivity contribution is 5.58. The molecule has 4 rings (SSSR count). The summed E-state index contributed by atoms with van der Waals surface area (Å²) in [6, 6.07) is 5.96. The van der Waals surface area contributed by atoms with Gasteiger partial charge in [0, 0.05) is 37.1 Å². The van der Waals surface area contributed by atoms with Crippen LogP contribution in [0, 0.1) is 0 Å². The number of anilines is 1. The van der Waals surface area contributed by atoms with Crippen LogP contribution in [0.2, 0.25) is 0 Å². The normalized spacial score (nSPS) is 15.4. The summed E-state index contributed by atoms with van der Waals surface area (Å²) in [7, 11) is 0. The maximum Gasteiger partial charge on any atom is 0.254 e. The van der Waals surface area contributed by atoms with Gasteiger partial charge in [-0.3, -0.25) is 4.98 Å². The molecule has 1 aliphatic heterocycles. The van der Waals surface area contributed by atoms with Gasteiger partial charge in [0.15, 0.2) is 5.82 Å². The quantitative estimate of drug-likeness (QED) is 0.735. The second-order valence-electron chi connectivity index (χ2n) is 6.18. The second-order valence-corrected chi connectivity index (χ2v) is 6.18. The summed E-state index contributed by atoms with van der Waals surface area (Å²) in [6.45, 7) is 7.42. The van der Waals surface area contributed by atoms with Gasteiger partial charge >= 0.3 is 0 Å². The summed E-state index contributed by atoms with van der Waals surface area (Å²) in [6.07, 6.45) is 3.51. The molecule has 1 saturated heterocycles. The lowest BCUT2D eigenvalue weighted by molar-refractivity contribution is 0.122. The highest BCUT2D eigenvalue weighted by Crippen LogP contribution is 2.24. The average Bonchev–Trinajstić information content (AvgIpc) is 3.06. The molecule has 0 atom stereocenters. The lowest BCUT2D eigenvalue weighted by Gasteiger charge is -2.29. The number of pyridine rings is 1. The van der Waals surface area contributed by atoms with Gasteiger partial charge < -0.3 is 9.64 Å². The van der Waals surface area contributed by atoms with E-state index in [0.29, 0.717) is 17.5 Å². The lowest BCUT2D eigenvalue weighted by atomic mass is 10.1. The topological polar surface area (TPSA) is 68.4 Å². The van der Waals surface area contributed by atoms with Gasteiger partial charge in [0.1, 0.15) is 5.82 Å². The Labute approximate surface area is 140 Å². The number of ether oxygens (including phenoxy) is 1. The van der Waals surface area contributed by atoms with Crippen LogP contribution in [0.5, 0.6) is 0 Å². The minimum absolute atomic E-state index is 0.327. The predicted octanol–water partition coefficient (Wildman–Crippen LogP) is 2.15. The number of fused-ring (bicyclic) bond motifs is 1. The molecule has 7 nitrogen and oxygen atoms in total. The van der Waals surface area contributed by atoms with E-state index in [2.05, 4.69) is 44.9 Å². The summed E-state index contributed by atoms with van der Waals surface area (Å²) in [5.74, 6) is 2.62. The fraction of sp³-hybridized carbons (Fsp3) is 0.412. The summed E-state index contributed by atoms with van der Waals surface area (Å²) < 4.78 is 7.31. The van der Waals surface area contributed by atoms with E-state index in [1.54, 1.807) is 12.4 Å². The van der Waals surface area contributed by atoms with Crippen molar-refractivity contribution in [3.63, 3.8) is 0 Å². The predicted molar refractivity (Wildman–Crippen MR) is 91.1 cm³/mol. The number of aromatic nitrogens is 5. The van der Waals surface area contributed by atoms with Gasteiger partial charge in [-0.25, -0.2) is 4.98 Å². The van der Waals surface area contributed by atoms with Crippen LogP contribution in [-0.2, 0) is 4.74 Å². The first-order chi connectivity index (χ1) is 11.7. The van der Waals surface area contributed by atoms with E-state index < -0.39 is 0 Å². The number of nitrogens with zero attached hydrogens (tertiary/aromatic N) is 6. The molecule has 0 aliphatic carbocycles. The van der Waals surface area contributed by atoms with Crippen LogP contribution in [0.4, 0.5) is 5.82 Å². The van der Waals surface area contributed by atoms with Crippen LogP contribution in [0.15, 0.2) is 30.6 Å². The van der Waals surface area contributed by atoms with Crippen LogP contribution >= 0.6 is 0 Å². The van der Waals surface area contributed by atoms with Gasteiger partial charge in [0.2, 0.25) is 0 Å². The third-order valence-electron chi connectivity index (χ3n) is 4.16.